The molecular weight excluding hydrogens is 336 g/mol. The Balaban J connectivity index is 1.53. The normalized spacial score (nSPS) is 31.9. The van der Waals surface area contributed by atoms with E-state index in [4.69, 9.17) is 0 Å². The highest BCUT2D eigenvalue weighted by Crippen LogP contribution is 2.58. The molecule has 0 amide bonds. The molecule has 0 aromatic rings. The highest BCUT2D eigenvalue weighted by molar-refractivity contribution is 6.01. The first-order chi connectivity index (χ1) is 13.2. The summed E-state index contributed by atoms with van der Waals surface area (Å²) in [7, 11) is 1.44. The maximum atomic E-state index is 13.0. The molecule has 5 atom stereocenters. The van der Waals surface area contributed by atoms with Gasteiger partial charge in [0.05, 0.1) is 7.11 Å². The summed E-state index contributed by atoms with van der Waals surface area (Å²) in [6.45, 7) is 2.04. The summed E-state index contributed by atoms with van der Waals surface area (Å²) in [6, 6.07) is 0. The molecule has 0 spiro atoms. The summed E-state index contributed by atoms with van der Waals surface area (Å²) in [4.78, 5) is 24.2. The Morgan fingerprint density at radius 1 is 1.19 bits per heavy atom. The summed E-state index contributed by atoms with van der Waals surface area (Å²) < 4.78 is 4.68. The lowest BCUT2D eigenvalue weighted by atomic mass is 9.78. The van der Waals surface area contributed by atoms with Crippen LogP contribution in [0, 0.1) is 41.4 Å². The number of ketones is 1. The van der Waals surface area contributed by atoms with Crippen LogP contribution in [0.1, 0.15) is 64.7 Å². The number of hydrogen-bond acceptors (Lipinski definition) is 3. The number of fused-ring (bicyclic) bond motifs is 5. The molecule has 3 aliphatic rings. The quantitative estimate of drug-likeness (QED) is 0.202. The van der Waals surface area contributed by atoms with Gasteiger partial charge < -0.3 is 4.74 Å². The fraction of sp³-hybridized carbons (Fsp3) is 0.667. The molecule has 2 fully saturated rings. The van der Waals surface area contributed by atoms with E-state index in [-0.39, 0.29) is 11.9 Å². The smallest absolute Gasteiger partial charge is 0.305 e. The van der Waals surface area contributed by atoms with Crippen LogP contribution in [0.3, 0.4) is 0 Å². The Morgan fingerprint density at radius 2 is 1.93 bits per heavy atom. The van der Waals surface area contributed by atoms with Crippen LogP contribution < -0.4 is 0 Å². The largest absolute Gasteiger partial charge is 0.469 e. The molecule has 2 bridgehead atoms. The molecule has 0 saturated heterocycles. The zero-order chi connectivity index (χ0) is 19.2. The summed E-state index contributed by atoms with van der Waals surface area (Å²) in [5.41, 5.74) is 1.01. The highest BCUT2D eigenvalue weighted by Gasteiger charge is 2.57. The van der Waals surface area contributed by atoms with Crippen molar-refractivity contribution in [3.63, 3.8) is 0 Å². The van der Waals surface area contributed by atoms with E-state index in [1.54, 1.807) is 0 Å². The van der Waals surface area contributed by atoms with Crippen LogP contribution >= 0.6 is 0 Å². The number of rotatable bonds is 8. The van der Waals surface area contributed by atoms with Gasteiger partial charge in [-0.05, 0) is 49.0 Å². The molecule has 3 nitrogen and oxygen atoms in total. The number of methoxy groups -OCH3 is 1. The van der Waals surface area contributed by atoms with Crippen LogP contribution in [-0.2, 0) is 14.3 Å². The van der Waals surface area contributed by atoms with Gasteiger partial charge in [-0.1, -0.05) is 56.6 Å². The average molecular weight is 369 g/mol. The molecule has 0 aromatic heterocycles. The van der Waals surface area contributed by atoms with E-state index in [9.17, 15) is 9.59 Å². The molecule has 0 heterocycles. The molecule has 27 heavy (non-hydrogen) atoms. The van der Waals surface area contributed by atoms with Crippen LogP contribution in [-0.4, -0.2) is 18.9 Å². The first kappa shape index (κ1) is 19.9. The summed E-state index contributed by atoms with van der Waals surface area (Å²) in [5, 5.41) is 0. The van der Waals surface area contributed by atoms with Crippen molar-refractivity contribution in [3.05, 3.63) is 23.8 Å². The van der Waals surface area contributed by atoms with Gasteiger partial charge in [0.25, 0.3) is 0 Å². The van der Waals surface area contributed by atoms with Crippen LogP contribution in [0.2, 0.25) is 0 Å². The fourth-order valence-electron chi connectivity index (χ4n) is 5.38. The fourth-order valence-corrected chi connectivity index (χ4v) is 5.38. The summed E-state index contributed by atoms with van der Waals surface area (Å²) in [5.74, 6) is 8.67. The van der Waals surface area contributed by atoms with E-state index in [1.807, 2.05) is 13.0 Å². The molecule has 0 aliphatic heterocycles. The number of allylic oxidation sites excluding steroid dienone is 4. The summed E-state index contributed by atoms with van der Waals surface area (Å²) >= 11 is 0. The van der Waals surface area contributed by atoms with Crippen molar-refractivity contribution in [2.75, 3.05) is 7.11 Å². The number of ether oxygens (including phenoxy) is 1. The van der Waals surface area contributed by atoms with Crippen LogP contribution in [0.15, 0.2) is 23.8 Å². The molecule has 3 rings (SSSR count). The first-order valence-corrected chi connectivity index (χ1v) is 10.6. The Kier molecular flexibility index (Phi) is 6.94. The SMILES string of the molecule is CCC#C/C=C1/C(=O)[C@@H]2[C@@H]([C@@H]3C=C[C@H]2C3)[C@@H]1CCCCCCCC(=O)OC. The molecule has 146 valence electrons. The van der Waals surface area contributed by atoms with Gasteiger partial charge in [0, 0.05) is 24.3 Å². The van der Waals surface area contributed by atoms with Crippen LogP contribution in [0.25, 0.3) is 0 Å². The third-order valence-electron chi connectivity index (χ3n) is 6.60. The number of unbranched alkanes of at least 4 members (excludes halogenated alkanes) is 4. The van der Waals surface area contributed by atoms with E-state index in [1.165, 1.54) is 20.0 Å². The van der Waals surface area contributed by atoms with Gasteiger partial charge in [-0.3, -0.25) is 9.59 Å². The van der Waals surface area contributed by atoms with Crippen molar-refractivity contribution in [2.24, 2.45) is 29.6 Å². The lowest BCUT2D eigenvalue weighted by Crippen LogP contribution is -2.21. The first-order valence-electron chi connectivity index (χ1n) is 10.6. The average Bonchev–Trinajstić information content (AvgIpc) is 3.35. The Labute approximate surface area is 163 Å². The summed E-state index contributed by atoms with van der Waals surface area (Å²) in [6.07, 6.45) is 15.7. The molecule has 3 heteroatoms. The number of Topliss-reactive ketones (excluding diaryl/α,β-unsaturated/α-hetero) is 1. The van der Waals surface area contributed by atoms with Gasteiger partial charge in [0.2, 0.25) is 0 Å². The van der Waals surface area contributed by atoms with E-state index in [0.717, 1.165) is 44.1 Å². The lowest BCUT2D eigenvalue weighted by molar-refractivity contribution is -0.140. The molecule has 3 aliphatic carbocycles. The maximum absolute atomic E-state index is 13.0. The second-order valence-electron chi connectivity index (χ2n) is 8.18. The van der Waals surface area contributed by atoms with Crippen molar-refractivity contribution in [1.29, 1.82) is 0 Å². The predicted octanol–water partition coefficient (Wildman–Crippen LogP) is 4.87. The second-order valence-corrected chi connectivity index (χ2v) is 8.18. The number of carbonyl (C=O) groups excluding carboxylic acids is 2. The number of esters is 1. The number of hydrogen-bond donors (Lipinski definition) is 0. The minimum absolute atomic E-state index is 0.113. The van der Waals surface area contributed by atoms with E-state index < -0.39 is 0 Å². The van der Waals surface area contributed by atoms with E-state index in [0.29, 0.717) is 35.9 Å². The third kappa shape index (κ3) is 4.37. The molecule has 0 radical (unpaired) electrons. The standard InChI is InChI=1S/C24H32O3/c1-3-4-8-12-20-19(11-9-6-5-7-10-13-21(25)27-2)22-17-14-15-18(16-17)23(22)24(20)26/h12,14-15,17-19,22-23H,3,5-7,9-11,13,16H2,1-2H3/b20-12+/t17-,18+,19-,22+,23+/m1/s1. The molecule has 0 unspecified atom stereocenters. The Hall–Kier alpha value is -1.82. The second kappa shape index (κ2) is 9.40. The van der Waals surface area contributed by atoms with Gasteiger partial charge in [-0.25, -0.2) is 0 Å². The van der Waals surface area contributed by atoms with E-state index >= 15 is 0 Å². The minimum Gasteiger partial charge on any atom is -0.469 e. The Morgan fingerprint density at radius 3 is 2.70 bits per heavy atom. The van der Waals surface area contributed by atoms with Crippen molar-refractivity contribution in [2.45, 2.75) is 64.7 Å². The van der Waals surface area contributed by atoms with Crippen molar-refractivity contribution in [3.8, 4) is 11.8 Å². The van der Waals surface area contributed by atoms with E-state index in [2.05, 4.69) is 28.7 Å². The van der Waals surface area contributed by atoms with Gasteiger partial charge in [0.15, 0.2) is 5.78 Å². The van der Waals surface area contributed by atoms with Gasteiger partial charge in [-0.2, -0.15) is 0 Å². The van der Waals surface area contributed by atoms with Crippen molar-refractivity contribution in [1.82, 2.24) is 0 Å². The van der Waals surface area contributed by atoms with Crippen LogP contribution in [0.4, 0.5) is 0 Å². The predicted molar refractivity (Wildman–Crippen MR) is 107 cm³/mol. The highest BCUT2D eigenvalue weighted by atomic mass is 16.5. The van der Waals surface area contributed by atoms with Gasteiger partial charge in [-0.15, -0.1) is 0 Å². The van der Waals surface area contributed by atoms with Crippen molar-refractivity contribution >= 4 is 11.8 Å². The van der Waals surface area contributed by atoms with Gasteiger partial charge >= 0.3 is 5.97 Å². The topological polar surface area (TPSA) is 43.4 Å². The third-order valence-corrected chi connectivity index (χ3v) is 6.60. The minimum atomic E-state index is -0.113. The zero-order valence-electron chi connectivity index (χ0n) is 16.7. The van der Waals surface area contributed by atoms with Crippen LogP contribution in [0.5, 0.6) is 0 Å². The zero-order valence-corrected chi connectivity index (χ0v) is 16.7. The maximum Gasteiger partial charge on any atom is 0.305 e. The Bertz CT molecular complexity index is 675. The van der Waals surface area contributed by atoms with Crippen molar-refractivity contribution < 1.29 is 14.3 Å². The monoisotopic (exact) mass is 368 g/mol. The molecule has 0 N–H and O–H groups in total. The molecule has 2 saturated carbocycles. The molecular formula is C24H32O3. The van der Waals surface area contributed by atoms with Gasteiger partial charge in [0.1, 0.15) is 0 Å². The molecule has 0 aromatic carbocycles. The lowest BCUT2D eigenvalue weighted by Gasteiger charge is -2.24. The number of carbonyl (C=O) groups is 2.